The molecule has 10 heteroatoms. The molecule has 0 aliphatic heterocycles. The van der Waals surface area contributed by atoms with Crippen LogP contribution in [0.15, 0.2) is 12.1 Å². The molecule has 1 nitrogen and oxygen atoms in total. The second-order valence-corrected chi connectivity index (χ2v) is 7.51. The highest BCUT2D eigenvalue weighted by Crippen LogP contribution is 2.58. The predicted molar refractivity (Wildman–Crippen MR) is 78.5 cm³/mol. The zero-order valence-corrected chi connectivity index (χ0v) is 14.3. The fourth-order valence-corrected chi connectivity index (χ4v) is 3.23. The maximum absolute atomic E-state index is 13.4. The van der Waals surface area contributed by atoms with Gasteiger partial charge in [-0.05, 0) is 43.9 Å². The number of aromatic hydroxyl groups is 1. The average molecular weight is 408 g/mol. The van der Waals surface area contributed by atoms with Crippen molar-refractivity contribution in [3.05, 3.63) is 28.8 Å². The standard InChI is InChI=1S/C17H17F9O/c1-13(2,17(24,25)26)10-6-11(14(3-4-14)8-16(21,22)23)12(27)5-9(10)7-15(18,19)20/h5-6,27H,3-4,7-8H2,1-2H3. The van der Waals surface area contributed by atoms with E-state index in [1.165, 1.54) is 0 Å². The second kappa shape index (κ2) is 6.20. The first-order chi connectivity index (χ1) is 11.9. The van der Waals surface area contributed by atoms with Crippen LogP contribution in [0.1, 0.15) is 49.8 Å². The van der Waals surface area contributed by atoms with Crippen LogP contribution in [0.3, 0.4) is 0 Å². The average Bonchev–Trinajstić information content (AvgIpc) is 3.13. The lowest BCUT2D eigenvalue weighted by Gasteiger charge is -2.32. The van der Waals surface area contributed by atoms with Crippen molar-refractivity contribution in [3.8, 4) is 5.75 Å². The normalized spacial score (nSPS) is 17.9. The first-order valence-electron chi connectivity index (χ1n) is 7.95. The van der Waals surface area contributed by atoms with E-state index in [-0.39, 0.29) is 12.8 Å². The summed E-state index contributed by atoms with van der Waals surface area (Å²) in [7, 11) is 0. The van der Waals surface area contributed by atoms with E-state index in [0.717, 1.165) is 0 Å². The highest BCUT2D eigenvalue weighted by molar-refractivity contribution is 5.51. The second-order valence-electron chi connectivity index (χ2n) is 7.51. The quantitative estimate of drug-likeness (QED) is 0.578. The monoisotopic (exact) mass is 408 g/mol. The number of hydrogen-bond donors (Lipinski definition) is 1. The summed E-state index contributed by atoms with van der Waals surface area (Å²) in [4.78, 5) is 0. The van der Waals surface area contributed by atoms with E-state index in [2.05, 4.69) is 0 Å². The molecule has 0 heterocycles. The SMILES string of the molecule is CC(C)(c1cc(C2(CC(F)(F)F)CC2)c(O)cc1CC(F)(F)F)C(F)(F)F. The molecule has 0 amide bonds. The van der Waals surface area contributed by atoms with Gasteiger partial charge in [0, 0.05) is 11.0 Å². The molecular weight excluding hydrogens is 391 g/mol. The van der Waals surface area contributed by atoms with Crippen molar-refractivity contribution in [2.45, 2.75) is 68.9 Å². The molecule has 0 spiro atoms. The summed E-state index contributed by atoms with van der Waals surface area (Å²) in [5.41, 5.74) is -6.33. The smallest absolute Gasteiger partial charge is 0.397 e. The van der Waals surface area contributed by atoms with Crippen molar-refractivity contribution in [2.24, 2.45) is 0 Å². The Morgan fingerprint density at radius 1 is 0.889 bits per heavy atom. The summed E-state index contributed by atoms with van der Waals surface area (Å²) in [6.07, 6.45) is -17.6. The van der Waals surface area contributed by atoms with Crippen LogP contribution in [0.5, 0.6) is 5.75 Å². The third-order valence-electron chi connectivity index (χ3n) is 4.96. The van der Waals surface area contributed by atoms with Crippen LogP contribution in [-0.2, 0) is 17.3 Å². The largest absolute Gasteiger partial charge is 0.508 e. The molecule has 1 fully saturated rings. The van der Waals surface area contributed by atoms with Gasteiger partial charge >= 0.3 is 18.5 Å². The van der Waals surface area contributed by atoms with Crippen molar-refractivity contribution < 1.29 is 44.6 Å². The number of benzene rings is 1. The molecule has 1 saturated carbocycles. The minimum atomic E-state index is -4.94. The van der Waals surface area contributed by atoms with Crippen molar-refractivity contribution in [3.63, 3.8) is 0 Å². The van der Waals surface area contributed by atoms with Gasteiger partial charge in [0.1, 0.15) is 5.75 Å². The topological polar surface area (TPSA) is 20.2 Å². The van der Waals surface area contributed by atoms with Crippen LogP contribution >= 0.6 is 0 Å². The van der Waals surface area contributed by atoms with Gasteiger partial charge in [0.2, 0.25) is 0 Å². The third kappa shape index (κ3) is 4.63. The lowest BCUT2D eigenvalue weighted by atomic mass is 9.77. The Morgan fingerprint density at radius 2 is 1.41 bits per heavy atom. The van der Waals surface area contributed by atoms with Crippen LogP contribution in [0.2, 0.25) is 0 Å². The van der Waals surface area contributed by atoms with Gasteiger partial charge in [0.25, 0.3) is 0 Å². The Kier molecular flexibility index (Phi) is 4.98. The Labute approximate surface area is 149 Å². The Bertz CT molecular complexity index is 707. The van der Waals surface area contributed by atoms with E-state index < -0.39 is 64.6 Å². The molecule has 1 aliphatic carbocycles. The number of rotatable bonds is 4. The zero-order valence-electron chi connectivity index (χ0n) is 14.3. The molecule has 1 N–H and O–H groups in total. The molecule has 27 heavy (non-hydrogen) atoms. The Hall–Kier alpha value is -1.61. The van der Waals surface area contributed by atoms with Crippen LogP contribution in [-0.4, -0.2) is 23.6 Å². The van der Waals surface area contributed by atoms with Gasteiger partial charge in [-0.3, -0.25) is 0 Å². The summed E-state index contributed by atoms with van der Waals surface area (Å²) in [5.74, 6) is -0.849. The molecule has 154 valence electrons. The summed E-state index contributed by atoms with van der Waals surface area (Å²) in [6, 6.07) is 1.19. The molecular formula is C17H17F9O. The van der Waals surface area contributed by atoms with Gasteiger partial charge in [0.15, 0.2) is 0 Å². The van der Waals surface area contributed by atoms with Gasteiger partial charge < -0.3 is 5.11 Å². The van der Waals surface area contributed by atoms with Crippen LogP contribution < -0.4 is 0 Å². The van der Waals surface area contributed by atoms with Crippen molar-refractivity contribution in [1.82, 2.24) is 0 Å². The summed E-state index contributed by atoms with van der Waals surface area (Å²) in [5, 5.41) is 10.0. The fourth-order valence-electron chi connectivity index (χ4n) is 3.23. The number of phenolic OH excluding ortho intramolecular Hbond substituents is 1. The van der Waals surface area contributed by atoms with Crippen molar-refractivity contribution in [1.29, 1.82) is 0 Å². The zero-order chi connectivity index (χ0) is 21.1. The minimum absolute atomic E-state index is 0.0232. The van der Waals surface area contributed by atoms with E-state index in [1.807, 2.05) is 0 Å². The van der Waals surface area contributed by atoms with E-state index in [4.69, 9.17) is 0 Å². The van der Waals surface area contributed by atoms with Crippen molar-refractivity contribution in [2.75, 3.05) is 0 Å². The molecule has 0 bridgehead atoms. The van der Waals surface area contributed by atoms with E-state index in [0.29, 0.717) is 26.0 Å². The predicted octanol–water partition coefficient (Wildman–Crippen LogP) is 6.32. The molecule has 1 aliphatic rings. The first-order valence-corrected chi connectivity index (χ1v) is 7.95. The highest BCUT2D eigenvalue weighted by atomic mass is 19.4. The van der Waals surface area contributed by atoms with Crippen LogP contribution in [0, 0.1) is 0 Å². The number of phenols is 1. The van der Waals surface area contributed by atoms with Gasteiger partial charge in [-0.2, -0.15) is 39.5 Å². The third-order valence-corrected chi connectivity index (χ3v) is 4.96. The maximum atomic E-state index is 13.4. The minimum Gasteiger partial charge on any atom is -0.508 e. The molecule has 0 radical (unpaired) electrons. The molecule has 1 aromatic carbocycles. The van der Waals surface area contributed by atoms with E-state index >= 15 is 0 Å². The van der Waals surface area contributed by atoms with E-state index in [9.17, 15) is 44.6 Å². The van der Waals surface area contributed by atoms with Crippen LogP contribution in [0.25, 0.3) is 0 Å². The fraction of sp³-hybridized carbons (Fsp3) is 0.647. The van der Waals surface area contributed by atoms with Gasteiger partial charge in [0.05, 0.1) is 18.3 Å². The maximum Gasteiger partial charge on any atom is 0.397 e. The highest BCUT2D eigenvalue weighted by Gasteiger charge is 2.55. The molecule has 1 aromatic rings. The lowest BCUT2D eigenvalue weighted by molar-refractivity contribution is -0.181. The molecule has 0 saturated heterocycles. The van der Waals surface area contributed by atoms with Gasteiger partial charge in [-0.25, -0.2) is 0 Å². The Morgan fingerprint density at radius 3 is 1.78 bits per heavy atom. The van der Waals surface area contributed by atoms with Gasteiger partial charge in [-0.1, -0.05) is 6.07 Å². The number of hydrogen-bond acceptors (Lipinski definition) is 1. The van der Waals surface area contributed by atoms with E-state index in [1.54, 1.807) is 0 Å². The molecule has 0 aromatic heterocycles. The number of alkyl halides is 9. The van der Waals surface area contributed by atoms with Crippen LogP contribution in [0.4, 0.5) is 39.5 Å². The molecule has 0 atom stereocenters. The number of halogens is 9. The molecule has 0 unspecified atom stereocenters. The summed E-state index contributed by atoms with van der Waals surface area (Å²) in [6.45, 7) is 1.32. The first kappa shape index (κ1) is 21.7. The Balaban J connectivity index is 2.65. The summed E-state index contributed by atoms with van der Waals surface area (Å²) < 4.78 is 117. The molecule has 2 rings (SSSR count). The van der Waals surface area contributed by atoms with Crippen molar-refractivity contribution >= 4 is 0 Å². The summed E-state index contributed by atoms with van der Waals surface area (Å²) >= 11 is 0. The lowest BCUT2D eigenvalue weighted by Crippen LogP contribution is -2.38. The van der Waals surface area contributed by atoms with Gasteiger partial charge in [-0.15, -0.1) is 0 Å².